The number of anilines is 2. The Morgan fingerprint density at radius 2 is 1.80 bits per heavy atom. The number of nitrogens with one attached hydrogen (secondary N) is 2. The van der Waals surface area contributed by atoms with Crippen LogP contribution in [0.25, 0.3) is 0 Å². The Labute approximate surface area is 173 Å². The smallest absolute Gasteiger partial charge is 0.310 e. The third-order valence-electron chi connectivity index (χ3n) is 6.51. The number of hydrogen-bond acceptors (Lipinski definition) is 5. The molecule has 1 heterocycles. The SMILES string of the molecule is COc1cccc(NC(=O)c2cccc(NC(=O)[C@@H]3[C@@H]4C[C@@H]5[C@H]3C(=O)O[C@@H]5C4)c2)c1. The predicted octanol–water partition coefficient (Wildman–Crippen LogP) is 3.08. The average Bonchev–Trinajstić information content (AvgIpc) is 3.37. The largest absolute Gasteiger partial charge is 0.497 e. The first-order chi connectivity index (χ1) is 14.5. The summed E-state index contributed by atoms with van der Waals surface area (Å²) < 4.78 is 10.6. The number of fused-ring (bicyclic) bond motifs is 1. The Morgan fingerprint density at radius 1 is 1.03 bits per heavy atom. The molecule has 2 aromatic rings. The lowest BCUT2D eigenvalue weighted by atomic mass is 9.79. The molecule has 1 aliphatic heterocycles. The predicted molar refractivity (Wildman–Crippen MR) is 109 cm³/mol. The molecule has 3 fully saturated rings. The van der Waals surface area contributed by atoms with E-state index in [4.69, 9.17) is 9.47 Å². The molecule has 2 amide bonds. The summed E-state index contributed by atoms with van der Waals surface area (Å²) in [7, 11) is 1.56. The molecule has 2 aromatic carbocycles. The Bertz CT molecular complexity index is 1030. The van der Waals surface area contributed by atoms with Crippen LogP contribution in [-0.2, 0) is 14.3 Å². The molecule has 1 saturated heterocycles. The van der Waals surface area contributed by atoms with Gasteiger partial charge in [0.1, 0.15) is 11.9 Å². The highest BCUT2D eigenvalue weighted by Gasteiger charge is 2.63. The maximum Gasteiger partial charge on any atom is 0.310 e. The number of amides is 2. The van der Waals surface area contributed by atoms with Gasteiger partial charge in [0.05, 0.1) is 18.9 Å². The number of carbonyl (C=O) groups is 3. The average molecular weight is 406 g/mol. The van der Waals surface area contributed by atoms with Gasteiger partial charge in [-0.25, -0.2) is 0 Å². The van der Waals surface area contributed by atoms with Crippen molar-refractivity contribution in [1.29, 1.82) is 0 Å². The summed E-state index contributed by atoms with van der Waals surface area (Å²) in [6, 6.07) is 13.9. The second-order valence-electron chi connectivity index (χ2n) is 8.18. The third-order valence-corrected chi connectivity index (χ3v) is 6.51. The van der Waals surface area contributed by atoms with Gasteiger partial charge in [-0.15, -0.1) is 0 Å². The summed E-state index contributed by atoms with van der Waals surface area (Å²) in [5.41, 5.74) is 1.57. The molecular weight excluding hydrogens is 384 g/mol. The second-order valence-corrected chi connectivity index (χ2v) is 8.18. The summed E-state index contributed by atoms with van der Waals surface area (Å²) >= 11 is 0. The fourth-order valence-electron chi connectivity index (χ4n) is 5.23. The van der Waals surface area contributed by atoms with Crippen molar-refractivity contribution in [3.05, 3.63) is 54.1 Å². The van der Waals surface area contributed by atoms with Gasteiger partial charge in [-0.3, -0.25) is 14.4 Å². The number of benzene rings is 2. The van der Waals surface area contributed by atoms with E-state index >= 15 is 0 Å². The summed E-state index contributed by atoms with van der Waals surface area (Å²) in [6.45, 7) is 0. The van der Waals surface area contributed by atoms with E-state index in [1.807, 2.05) is 0 Å². The highest BCUT2D eigenvalue weighted by Crippen LogP contribution is 2.57. The van der Waals surface area contributed by atoms with Crippen LogP contribution in [0, 0.1) is 23.7 Å². The lowest BCUT2D eigenvalue weighted by Gasteiger charge is -2.23. The van der Waals surface area contributed by atoms with Crippen LogP contribution >= 0.6 is 0 Å². The fraction of sp³-hybridized carbons (Fsp3) is 0.348. The molecule has 0 aromatic heterocycles. The lowest BCUT2D eigenvalue weighted by molar-refractivity contribution is -0.145. The van der Waals surface area contributed by atoms with Gasteiger partial charge in [0.2, 0.25) is 5.91 Å². The molecule has 0 radical (unpaired) electrons. The third kappa shape index (κ3) is 3.10. The van der Waals surface area contributed by atoms with Crippen LogP contribution in [0.15, 0.2) is 48.5 Å². The highest BCUT2D eigenvalue weighted by molar-refractivity contribution is 6.05. The van der Waals surface area contributed by atoms with Crippen LogP contribution in [0.1, 0.15) is 23.2 Å². The van der Waals surface area contributed by atoms with Crippen molar-refractivity contribution in [2.24, 2.45) is 23.7 Å². The van der Waals surface area contributed by atoms with Gasteiger partial charge in [-0.1, -0.05) is 12.1 Å². The molecule has 2 N–H and O–H groups in total. The zero-order chi connectivity index (χ0) is 20.8. The van der Waals surface area contributed by atoms with Crippen molar-refractivity contribution < 1.29 is 23.9 Å². The van der Waals surface area contributed by atoms with Crippen molar-refractivity contribution in [3.63, 3.8) is 0 Å². The molecule has 0 spiro atoms. The topological polar surface area (TPSA) is 93.7 Å². The minimum atomic E-state index is -0.351. The van der Waals surface area contributed by atoms with Crippen molar-refractivity contribution in [2.75, 3.05) is 17.7 Å². The second kappa shape index (κ2) is 7.16. The van der Waals surface area contributed by atoms with Gasteiger partial charge < -0.3 is 20.1 Å². The molecule has 154 valence electrons. The zero-order valence-corrected chi connectivity index (χ0v) is 16.5. The van der Waals surface area contributed by atoms with Gasteiger partial charge in [0.25, 0.3) is 5.91 Å². The number of methoxy groups -OCH3 is 1. The molecular formula is C23H22N2O5. The first-order valence-corrected chi connectivity index (χ1v) is 10.1. The number of esters is 1. The quantitative estimate of drug-likeness (QED) is 0.745. The van der Waals surface area contributed by atoms with Gasteiger partial charge in [0.15, 0.2) is 0 Å². The molecule has 2 aliphatic carbocycles. The molecule has 3 aliphatic rings. The zero-order valence-electron chi connectivity index (χ0n) is 16.5. The summed E-state index contributed by atoms with van der Waals surface area (Å²) in [5.74, 6) is -0.362. The standard InChI is InChI=1S/C23H22N2O5/c1-29-16-7-3-6-15(11-16)24-21(26)12-4-2-5-14(8-12)25-22(27)19-13-9-17-18(10-13)30-23(28)20(17)19/h2-8,11,13,17-20H,9-10H2,1H3,(H,24,26)(H,25,27)/t13-,17+,18-,19-,20-/m1/s1. The van der Waals surface area contributed by atoms with Crippen molar-refractivity contribution in [2.45, 2.75) is 18.9 Å². The Hall–Kier alpha value is -3.35. The van der Waals surface area contributed by atoms with Crippen molar-refractivity contribution >= 4 is 29.2 Å². The highest BCUT2D eigenvalue weighted by atomic mass is 16.6. The molecule has 5 rings (SSSR count). The first kappa shape index (κ1) is 18.7. The number of ether oxygens (including phenoxy) is 2. The van der Waals surface area contributed by atoms with Crippen LogP contribution in [0.4, 0.5) is 11.4 Å². The fourth-order valence-corrected chi connectivity index (χ4v) is 5.23. The molecule has 0 unspecified atom stereocenters. The number of rotatable bonds is 5. The van der Waals surface area contributed by atoms with Gasteiger partial charge >= 0.3 is 5.97 Å². The van der Waals surface area contributed by atoms with Crippen LogP contribution in [-0.4, -0.2) is 31.0 Å². The van der Waals surface area contributed by atoms with E-state index in [2.05, 4.69) is 10.6 Å². The van der Waals surface area contributed by atoms with E-state index in [-0.39, 0.29) is 47.6 Å². The van der Waals surface area contributed by atoms with Crippen LogP contribution < -0.4 is 15.4 Å². The summed E-state index contributed by atoms with van der Waals surface area (Å²) in [5, 5.41) is 5.73. The molecule has 2 bridgehead atoms. The van der Waals surface area contributed by atoms with Crippen molar-refractivity contribution in [3.8, 4) is 5.75 Å². The van der Waals surface area contributed by atoms with Crippen molar-refractivity contribution in [1.82, 2.24) is 0 Å². The minimum absolute atomic E-state index is 0.000171. The van der Waals surface area contributed by atoms with E-state index in [0.29, 0.717) is 22.7 Å². The maximum atomic E-state index is 12.9. The van der Waals surface area contributed by atoms with Crippen LogP contribution in [0.2, 0.25) is 0 Å². The molecule has 5 atom stereocenters. The Balaban J connectivity index is 1.29. The summed E-state index contributed by atoms with van der Waals surface area (Å²) in [4.78, 5) is 37.7. The lowest BCUT2D eigenvalue weighted by Crippen LogP contribution is -2.35. The molecule has 2 saturated carbocycles. The van der Waals surface area contributed by atoms with Crippen LogP contribution in [0.3, 0.4) is 0 Å². The molecule has 30 heavy (non-hydrogen) atoms. The van der Waals surface area contributed by atoms with E-state index in [1.165, 1.54) is 0 Å². The van der Waals surface area contributed by atoms with E-state index in [0.717, 1.165) is 12.8 Å². The van der Waals surface area contributed by atoms with Crippen LogP contribution in [0.5, 0.6) is 5.75 Å². The van der Waals surface area contributed by atoms with Gasteiger partial charge in [-0.05, 0) is 49.1 Å². The summed E-state index contributed by atoms with van der Waals surface area (Å²) in [6.07, 6.45) is 1.65. The van der Waals surface area contributed by atoms with Gasteiger partial charge in [-0.2, -0.15) is 0 Å². The maximum absolute atomic E-state index is 12.9. The normalized spacial score (nSPS) is 28.2. The van der Waals surface area contributed by atoms with Gasteiger partial charge in [0, 0.05) is 28.9 Å². The number of carbonyl (C=O) groups excluding carboxylic acids is 3. The first-order valence-electron chi connectivity index (χ1n) is 10.1. The number of hydrogen-bond donors (Lipinski definition) is 2. The van der Waals surface area contributed by atoms with E-state index < -0.39 is 0 Å². The van der Waals surface area contributed by atoms with E-state index in [9.17, 15) is 14.4 Å². The molecule has 7 nitrogen and oxygen atoms in total. The van der Waals surface area contributed by atoms with E-state index in [1.54, 1.807) is 55.6 Å². The Kier molecular flexibility index (Phi) is 4.46. The molecule has 7 heteroatoms. The minimum Gasteiger partial charge on any atom is -0.497 e. The monoisotopic (exact) mass is 406 g/mol. The Morgan fingerprint density at radius 3 is 2.60 bits per heavy atom.